The molecule has 0 saturated carbocycles. The van der Waals surface area contributed by atoms with Crippen molar-refractivity contribution in [2.75, 3.05) is 7.11 Å². The van der Waals surface area contributed by atoms with Crippen LogP contribution in [0.1, 0.15) is 55.9 Å². The van der Waals surface area contributed by atoms with E-state index in [-0.39, 0.29) is 17.9 Å². The number of hydrogen-bond donors (Lipinski definition) is 1. The fraction of sp³-hybridized carbons (Fsp3) is 0.375. The van der Waals surface area contributed by atoms with Gasteiger partial charge in [0, 0.05) is 25.4 Å². The lowest BCUT2D eigenvalue weighted by Gasteiger charge is -2.32. The molecule has 0 aliphatic rings. The molecule has 0 aliphatic carbocycles. The Morgan fingerprint density at radius 3 is 2.19 bits per heavy atom. The van der Waals surface area contributed by atoms with Gasteiger partial charge in [-0.1, -0.05) is 80.6 Å². The molecule has 0 aromatic heterocycles. The zero-order valence-electron chi connectivity index (χ0n) is 22.6. The van der Waals surface area contributed by atoms with Crippen molar-refractivity contribution < 1.29 is 14.3 Å². The number of methoxy groups -OCH3 is 1. The molecule has 0 heterocycles. The van der Waals surface area contributed by atoms with Gasteiger partial charge in [-0.15, -0.1) is 0 Å². The average molecular weight is 501 g/mol. The number of amides is 2. The standard InChI is InChI=1S/C32H40N2O3/c1-5-24(3)33-32(36)30(22-27-11-8-7-9-12-27)34(23-28-13-10-14-29(21-28)37-4)31(35)20-19-26-17-15-25(6-2)16-18-26/h7-18,21,24,30H,5-6,19-20,22-23H2,1-4H3,(H,33,36)/t24-,30+/m0/s1. The van der Waals surface area contributed by atoms with Gasteiger partial charge in [0.1, 0.15) is 11.8 Å². The van der Waals surface area contributed by atoms with E-state index in [4.69, 9.17) is 4.74 Å². The summed E-state index contributed by atoms with van der Waals surface area (Å²) < 4.78 is 5.41. The van der Waals surface area contributed by atoms with Gasteiger partial charge in [0.05, 0.1) is 7.11 Å². The van der Waals surface area contributed by atoms with Crippen molar-refractivity contribution in [3.05, 3.63) is 101 Å². The number of ether oxygens (including phenoxy) is 1. The first-order chi connectivity index (χ1) is 17.9. The monoisotopic (exact) mass is 500 g/mol. The smallest absolute Gasteiger partial charge is 0.243 e. The highest BCUT2D eigenvalue weighted by Crippen LogP contribution is 2.20. The van der Waals surface area contributed by atoms with E-state index in [0.717, 1.165) is 35.3 Å². The van der Waals surface area contributed by atoms with Crippen LogP contribution in [-0.4, -0.2) is 35.9 Å². The summed E-state index contributed by atoms with van der Waals surface area (Å²) in [5.74, 6) is 0.564. The average Bonchev–Trinajstić information content (AvgIpc) is 2.94. The Morgan fingerprint density at radius 2 is 1.54 bits per heavy atom. The maximum atomic E-state index is 13.8. The van der Waals surface area contributed by atoms with Crippen LogP contribution < -0.4 is 10.1 Å². The maximum Gasteiger partial charge on any atom is 0.243 e. The van der Waals surface area contributed by atoms with Crippen LogP contribution in [0.2, 0.25) is 0 Å². The van der Waals surface area contributed by atoms with Gasteiger partial charge < -0.3 is 15.0 Å². The van der Waals surface area contributed by atoms with Crippen molar-refractivity contribution in [2.45, 2.75) is 71.5 Å². The Bertz CT molecular complexity index is 1130. The third kappa shape index (κ3) is 8.49. The molecule has 2 amide bonds. The molecule has 0 unspecified atom stereocenters. The van der Waals surface area contributed by atoms with Gasteiger partial charge in [-0.25, -0.2) is 0 Å². The summed E-state index contributed by atoms with van der Waals surface area (Å²) in [5.41, 5.74) is 4.34. The Labute approximate surface area is 221 Å². The van der Waals surface area contributed by atoms with E-state index in [1.807, 2.05) is 68.4 Å². The zero-order valence-corrected chi connectivity index (χ0v) is 22.6. The third-order valence-corrected chi connectivity index (χ3v) is 6.82. The van der Waals surface area contributed by atoms with Crippen LogP contribution in [0.4, 0.5) is 0 Å². The van der Waals surface area contributed by atoms with Gasteiger partial charge >= 0.3 is 0 Å². The second kappa shape index (κ2) is 14.2. The highest BCUT2D eigenvalue weighted by molar-refractivity contribution is 5.88. The minimum Gasteiger partial charge on any atom is -0.497 e. The number of rotatable bonds is 13. The molecular formula is C32H40N2O3. The number of benzene rings is 3. The Balaban J connectivity index is 1.91. The number of carbonyl (C=O) groups is 2. The van der Waals surface area contributed by atoms with Crippen LogP contribution >= 0.6 is 0 Å². The molecular weight excluding hydrogens is 460 g/mol. The van der Waals surface area contributed by atoms with E-state index in [2.05, 4.69) is 36.5 Å². The lowest BCUT2D eigenvalue weighted by molar-refractivity contribution is -0.141. The molecule has 0 aliphatic heterocycles. The summed E-state index contributed by atoms with van der Waals surface area (Å²) in [6.07, 6.45) is 3.21. The molecule has 37 heavy (non-hydrogen) atoms. The first-order valence-corrected chi connectivity index (χ1v) is 13.3. The molecule has 0 radical (unpaired) electrons. The second-order valence-corrected chi connectivity index (χ2v) is 9.57. The topological polar surface area (TPSA) is 58.6 Å². The summed E-state index contributed by atoms with van der Waals surface area (Å²) >= 11 is 0. The van der Waals surface area contributed by atoms with Crippen LogP contribution in [-0.2, 0) is 35.4 Å². The van der Waals surface area contributed by atoms with E-state index in [1.165, 1.54) is 5.56 Å². The van der Waals surface area contributed by atoms with Crippen molar-refractivity contribution in [2.24, 2.45) is 0 Å². The summed E-state index contributed by atoms with van der Waals surface area (Å²) in [7, 11) is 1.63. The normalized spacial score (nSPS) is 12.4. The quantitative estimate of drug-likeness (QED) is 0.325. The highest BCUT2D eigenvalue weighted by Gasteiger charge is 2.30. The second-order valence-electron chi connectivity index (χ2n) is 9.57. The summed E-state index contributed by atoms with van der Waals surface area (Å²) in [5, 5.41) is 3.12. The molecule has 1 N–H and O–H groups in total. The lowest BCUT2D eigenvalue weighted by atomic mass is 10.0. The van der Waals surface area contributed by atoms with Gasteiger partial charge in [-0.2, -0.15) is 0 Å². The molecule has 2 atom stereocenters. The van der Waals surface area contributed by atoms with Crippen molar-refractivity contribution in [1.82, 2.24) is 10.2 Å². The summed E-state index contributed by atoms with van der Waals surface area (Å²) in [6.45, 7) is 6.49. The van der Waals surface area contributed by atoms with Gasteiger partial charge in [-0.3, -0.25) is 9.59 Å². The van der Waals surface area contributed by atoms with Crippen LogP contribution in [0.3, 0.4) is 0 Å². The molecule has 0 bridgehead atoms. The predicted octanol–water partition coefficient (Wildman–Crippen LogP) is 5.75. The third-order valence-electron chi connectivity index (χ3n) is 6.82. The van der Waals surface area contributed by atoms with E-state index in [9.17, 15) is 9.59 Å². The molecule has 196 valence electrons. The molecule has 3 aromatic rings. The number of nitrogens with zero attached hydrogens (tertiary/aromatic N) is 1. The van der Waals surface area contributed by atoms with E-state index in [0.29, 0.717) is 25.8 Å². The SMILES string of the molecule is CCc1ccc(CCC(=O)N(Cc2cccc(OC)c2)[C@H](Cc2ccccc2)C(=O)N[C@@H](C)CC)cc1. The van der Waals surface area contributed by atoms with Gasteiger partial charge in [0.15, 0.2) is 0 Å². The minimum atomic E-state index is -0.627. The Kier molecular flexibility index (Phi) is 10.8. The minimum absolute atomic E-state index is 0.0247. The number of carbonyl (C=O) groups excluding carboxylic acids is 2. The molecule has 0 spiro atoms. The van der Waals surface area contributed by atoms with Gasteiger partial charge in [0.2, 0.25) is 11.8 Å². The van der Waals surface area contributed by atoms with Crippen molar-refractivity contribution in [3.63, 3.8) is 0 Å². The zero-order chi connectivity index (χ0) is 26.6. The number of nitrogens with one attached hydrogen (secondary N) is 1. The summed E-state index contributed by atoms with van der Waals surface area (Å²) in [6, 6.07) is 25.4. The maximum absolute atomic E-state index is 13.8. The first-order valence-electron chi connectivity index (χ1n) is 13.3. The highest BCUT2D eigenvalue weighted by atomic mass is 16.5. The number of hydrogen-bond acceptors (Lipinski definition) is 3. The molecule has 0 fully saturated rings. The van der Waals surface area contributed by atoms with Crippen molar-refractivity contribution in [1.29, 1.82) is 0 Å². The fourth-order valence-electron chi connectivity index (χ4n) is 4.30. The van der Waals surface area contributed by atoms with Crippen molar-refractivity contribution >= 4 is 11.8 Å². The Morgan fingerprint density at radius 1 is 0.865 bits per heavy atom. The molecule has 5 nitrogen and oxygen atoms in total. The van der Waals surface area contributed by atoms with Crippen LogP contribution in [0.5, 0.6) is 5.75 Å². The lowest BCUT2D eigenvalue weighted by Crippen LogP contribution is -2.52. The van der Waals surface area contributed by atoms with Crippen LogP contribution in [0, 0.1) is 0 Å². The molecule has 3 aromatic carbocycles. The first kappa shape index (κ1) is 28.0. The largest absolute Gasteiger partial charge is 0.497 e. The summed E-state index contributed by atoms with van der Waals surface area (Å²) in [4.78, 5) is 29.1. The van der Waals surface area contributed by atoms with Gasteiger partial charge in [-0.05, 0) is 60.6 Å². The van der Waals surface area contributed by atoms with Crippen molar-refractivity contribution in [3.8, 4) is 5.75 Å². The van der Waals surface area contributed by atoms with E-state index >= 15 is 0 Å². The number of aryl methyl sites for hydroxylation is 2. The Hall–Kier alpha value is -3.60. The molecule has 0 saturated heterocycles. The van der Waals surface area contributed by atoms with E-state index in [1.54, 1.807) is 12.0 Å². The van der Waals surface area contributed by atoms with Gasteiger partial charge in [0.25, 0.3) is 0 Å². The molecule has 5 heteroatoms. The van der Waals surface area contributed by atoms with Crippen LogP contribution in [0.25, 0.3) is 0 Å². The van der Waals surface area contributed by atoms with E-state index < -0.39 is 6.04 Å². The predicted molar refractivity (Wildman–Crippen MR) is 150 cm³/mol. The molecule has 3 rings (SSSR count). The fourth-order valence-corrected chi connectivity index (χ4v) is 4.30. The van der Waals surface area contributed by atoms with Crippen LogP contribution in [0.15, 0.2) is 78.9 Å².